The molecule has 4 heterocycles. The Labute approximate surface area is 254 Å². The summed E-state index contributed by atoms with van der Waals surface area (Å²) in [6.07, 6.45) is 5.54. The van der Waals surface area contributed by atoms with Gasteiger partial charge in [0.25, 0.3) is 0 Å². The maximum absolute atomic E-state index is 13.7. The lowest BCUT2D eigenvalue weighted by Crippen LogP contribution is -2.44. The maximum Gasteiger partial charge on any atom is 0.248 e. The third-order valence-corrected chi connectivity index (χ3v) is 7.82. The van der Waals surface area contributed by atoms with Crippen molar-refractivity contribution in [3.8, 4) is 17.0 Å². The molecular formula is C34H32N6O4. The Morgan fingerprint density at radius 1 is 0.977 bits per heavy atom. The smallest absolute Gasteiger partial charge is 0.248 e. The van der Waals surface area contributed by atoms with Gasteiger partial charge in [-0.1, -0.05) is 49.4 Å². The molecule has 10 heteroatoms. The Morgan fingerprint density at radius 2 is 1.82 bits per heavy atom. The molecule has 0 bridgehead atoms. The lowest BCUT2D eigenvalue weighted by Gasteiger charge is -2.24. The van der Waals surface area contributed by atoms with E-state index >= 15 is 0 Å². The summed E-state index contributed by atoms with van der Waals surface area (Å²) in [4.78, 5) is 45.8. The van der Waals surface area contributed by atoms with E-state index in [1.165, 1.54) is 6.92 Å². The van der Waals surface area contributed by atoms with Gasteiger partial charge < -0.3 is 19.5 Å². The van der Waals surface area contributed by atoms with Crippen LogP contribution in [-0.2, 0) is 22.7 Å². The van der Waals surface area contributed by atoms with Gasteiger partial charge in [0, 0.05) is 40.8 Å². The van der Waals surface area contributed by atoms with Gasteiger partial charge in [0.05, 0.1) is 12.4 Å². The molecule has 2 atom stereocenters. The number of rotatable bonds is 9. The van der Waals surface area contributed by atoms with Crippen molar-refractivity contribution in [3.05, 3.63) is 103 Å². The number of hydrogen-bond donors (Lipinski definition) is 1. The van der Waals surface area contributed by atoms with Gasteiger partial charge in [-0.15, -0.1) is 0 Å². The number of ether oxygens (including phenoxy) is 1. The van der Waals surface area contributed by atoms with Crippen molar-refractivity contribution in [3.63, 3.8) is 0 Å². The minimum absolute atomic E-state index is 0.00248. The molecule has 0 aliphatic carbocycles. The number of benzene rings is 2. The number of anilines is 1. The van der Waals surface area contributed by atoms with Crippen LogP contribution in [0.15, 0.2) is 91.4 Å². The summed E-state index contributed by atoms with van der Waals surface area (Å²) in [5.41, 5.74) is 4.07. The summed E-state index contributed by atoms with van der Waals surface area (Å²) < 4.78 is 7.60. The predicted octanol–water partition coefficient (Wildman–Crippen LogP) is 5.15. The van der Waals surface area contributed by atoms with E-state index in [4.69, 9.17) is 4.74 Å². The fourth-order valence-electron chi connectivity index (χ4n) is 5.66. The van der Waals surface area contributed by atoms with Crippen molar-refractivity contribution >= 4 is 34.3 Å². The number of carbonyl (C=O) groups excluding carboxylic acids is 3. The summed E-state index contributed by atoms with van der Waals surface area (Å²) in [6, 6.07) is 21.9. The van der Waals surface area contributed by atoms with Gasteiger partial charge in [0.1, 0.15) is 25.0 Å². The van der Waals surface area contributed by atoms with Crippen LogP contribution in [0.1, 0.15) is 36.2 Å². The number of carbonyl (C=O) groups is 3. The first-order chi connectivity index (χ1) is 21.4. The van der Waals surface area contributed by atoms with E-state index in [0.717, 1.165) is 27.6 Å². The highest BCUT2D eigenvalue weighted by Gasteiger charge is 2.38. The molecule has 222 valence electrons. The van der Waals surface area contributed by atoms with Gasteiger partial charge in [0.2, 0.25) is 17.7 Å². The minimum atomic E-state index is -0.645. The molecule has 1 fully saturated rings. The van der Waals surface area contributed by atoms with Crippen LogP contribution in [0.5, 0.6) is 5.88 Å². The van der Waals surface area contributed by atoms with Crippen molar-refractivity contribution in [2.24, 2.45) is 5.92 Å². The van der Waals surface area contributed by atoms with Crippen molar-refractivity contribution < 1.29 is 19.1 Å². The molecule has 1 aliphatic rings. The first kappa shape index (κ1) is 28.7. The number of fused-ring (bicyclic) bond motifs is 1. The zero-order chi connectivity index (χ0) is 30.6. The quantitative estimate of drug-likeness (QED) is 0.237. The highest BCUT2D eigenvalue weighted by atomic mass is 16.5. The number of amides is 2. The molecule has 6 rings (SSSR count). The molecular weight excluding hydrogens is 556 g/mol. The van der Waals surface area contributed by atoms with Crippen LogP contribution in [0, 0.1) is 5.92 Å². The molecule has 2 amide bonds. The standard InChI is InChI=1S/C34H32N6O4/c1-22-15-30(34(43)38-31-9-6-10-32(37-31)44-21-24-7-4-3-5-8-24)40(18-22)33(42)20-39-19-28(23(2)41)27-16-25(11-12-29(27)39)26-13-14-35-36-17-26/h3-14,16-17,19,22,30H,15,18,20-21H2,1-2H3,(H,37,38,43). The summed E-state index contributed by atoms with van der Waals surface area (Å²) in [5.74, 6) is 0.304. The van der Waals surface area contributed by atoms with Crippen LogP contribution >= 0.6 is 0 Å². The van der Waals surface area contributed by atoms with Crippen LogP contribution in [0.3, 0.4) is 0 Å². The highest BCUT2D eigenvalue weighted by Crippen LogP contribution is 2.30. The fraction of sp³-hybridized carbons (Fsp3) is 0.235. The summed E-state index contributed by atoms with van der Waals surface area (Å²) in [7, 11) is 0. The number of nitrogens with one attached hydrogen (secondary N) is 1. The van der Waals surface area contributed by atoms with E-state index in [9.17, 15) is 14.4 Å². The lowest BCUT2D eigenvalue weighted by atomic mass is 10.0. The van der Waals surface area contributed by atoms with Gasteiger partial charge in [0.15, 0.2) is 5.78 Å². The number of pyridine rings is 1. The summed E-state index contributed by atoms with van der Waals surface area (Å²) in [6.45, 7) is 4.35. The molecule has 0 radical (unpaired) electrons. The Kier molecular flexibility index (Phi) is 8.14. The molecule has 5 aromatic rings. The molecule has 1 N–H and O–H groups in total. The van der Waals surface area contributed by atoms with Crippen LogP contribution in [0.25, 0.3) is 22.0 Å². The van der Waals surface area contributed by atoms with Crippen LogP contribution in [-0.4, -0.2) is 54.8 Å². The molecule has 0 spiro atoms. The average molecular weight is 589 g/mol. The zero-order valence-electron chi connectivity index (χ0n) is 24.5. The zero-order valence-corrected chi connectivity index (χ0v) is 24.5. The number of likely N-dealkylation sites (tertiary alicyclic amines) is 1. The Bertz CT molecular complexity index is 1820. The van der Waals surface area contributed by atoms with Crippen LogP contribution in [0.2, 0.25) is 0 Å². The van der Waals surface area contributed by atoms with Gasteiger partial charge in [-0.25, -0.2) is 0 Å². The van der Waals surface area contributed by atoms with Gasteiger partial charge in [-0.2, -0.15) is 15.2 Å². The second-order valence-corrected chi connectivity index (χ2v) is 11.1. The monoisotopic (exact) mass is 588 g/mol. The normalized spacial score (nSPS) is 16.2. The predicted molar refractivity (Wildman–Crippen MR) is 166 cm³/mol. The minimum Gasteiger partial charge on any atom is -0.473 e. The van der Waals surface area contributed by atoms with Crippen molar-refractivity contribution in [1.29, 1.82) is 0 Å². The molecule has 2 aromatic carbocycles. The topological polar surface area (TPSA) is 119 Å². The maximum atomic E-state index is 13.7. The van der Waals surface area contributed by atoms with E-state index in [-0.39, 0.29) is 30.1 Å². The van der Waals surface area contributed by atoms with Crippen molar-refractivity contribution in [2.45, 2.75) is 39.5 Å². The van der Waals surface area contributed by atoms with E-state index in [1.807, 2.05) is 61.5 Å². The SMILES string of the molecule is CC(=O)c1cn(CC(=O)N2CC(C)CC2C(=O)Nc2cccc(OCc3ccccc3)n2)c2ccc(-c3ccnnc3)cc12. The summed E-state index contributed by atoms with van der Waals surface area (Å²) in [5, 5.41) is 11.4. The van der Waals surface area contributed by atoms with Crippen molar-refractivity contribution in [2.75, 3.05) is 11.9 Å². The number of nitrogens with zero attached hydrogens (tertiary/aromatic N) is 5. The molecule has 10 nitrogen and oxygen atoms in total. The number of Topliss-reactive ketones (excluding diaryl/α,β-unsaturated/α-hetero) is 1. The number of aromatic nitrogens is 4. The van der Waals surface area contributed by atoms with Crippen LogP contribution < -0.4 is 10.1 Å². The Hall–Kier alpha value is -5.38. The Morgan fingerprint density at radius 3 is 2.59 bits per heavy atom. The van der Waals surface area contributed by atoms with E-state index in [2.05, 4.69) is 20.5 Å². The van der Waals surface area contributed by atoms with Crippen LogP contribution in [0.4, 0.5) is 5.82 Å². The largest absolute Gasteiger partial charge is 0.473 e. The second kappa shape index (κ2) is 12.5. The van der Waals surface area contributed by atoms with E-state index in [1.54, 1.807) is 46.3 Å². The number of ketones is 1. The lowest BCUT2D eigenvalue weighted by molar-refractivity contribution is -0.137. The first-order valence-corrected chi connectivity index (χ1v) is 14.5. The second-order valence-electron chi connectivity index (χ2n) is 11.1. The number of hydrogen-bond acceptors (Lipinski definition) is 7. The fourth-order valence-corrected chi connectivity index (χ4v) is 5.66. The summed E-state index contributed by atoms with van der Waals surface area (Å²) >= 11 is 0. The molecule has 1 saturated heterocycles. The molecule has 0 saturated carbocycles. The van der Waals surface area contributed by atoms with E-state index in [0.29, 0.717) is 36.8 Å². The molecule has 2 unspecified atom stereocenters. The molecule has 1 aliphatic heterocycles. The van der Waals surface area contributed by atoms with Gasteiger partial charge in [-0.3, -0.25) is 14.4 Å². The van der Waals surface area contributed by atoms with E-state index < -0.39 is 6.04 Å². The third kappa shape index (κ3) is 6.19. The van der Waals surface area contributed by atoms with Gasteiger partial charge >= 0.3 is 0 Å². The molecule has 3 aromatic heterocycles. The Balaban J connectivity index is 1.17. The highest BCUT2D eigenvalue weighted by molar-refractivity contribution is 6.08. The first-order valence-electron chi connectivity index (χ1n) is 14.5. The average Bonchev–Trinajstić information content (AvgIpc) is 3.61. The van der Waals surface area contributed by atoms with Gasteiger partial charge in [-0.05, 0) is 54.7 Å². The van der Waals surface area contributed by atoms with Crippen molar-refractivity contribution in [1.82, 2.24) is 24.6 Å². The third-order valence-electron chi connectivity index (χ3n) is 7.82. The molecule has 44 heavy (non-hydrogen) atoms.